The number of aliphatic hydroxyl groups is 1. The summed E-state index contributed by atoms with van der Waals surface area (Å²) in [7, 11) is 2.98. The summed E-state index contributed by atoms with van der Waals surface area (Å²) in [4.78, 5) is 0. The number of hydrogen-bond donors (Lipinski definition) is 2. The zero-order chi connectivity index (χ0) is 14.4. The van der Waals surface area contributed by atoms with Crippen LogP contribution < -0.4 is 15.2 Å². The number of nitrogens with two attached hydrogens (primary N) is 1. The molecule has 108 valence electrons. The third-order valence-corrected chi connectivity index (χ3v) is 3.44. The Balaban J connectivity index is 2.95. The zero-order valence-corrected chi connectivity index (χ0v) is 11.6. The first-order valence-electron chi connectivity index (χ1n) is 6.28. The topological polar surface area (TPSA) is 64.7 Å². The minimum Gasteiger partial charge on any atom is -0.493 e. The molecular formula is C14H22FNO3. The van der Waals surface area contributed by atoms with Gasteiger partial charge >= 0.3 is 0 Å². The van der Waals surface area contributed by atoms with Crippen molar-refractivity contribution in [2.75, 3.05) is 27.4 Å². The Bertz CT molecular complexity index is 408. The van der Waals surface area contributed by atoms with Crippen LogP contribution in [0.1, 0.15) is 12.5 Å². The molecule has 1 aromatic carbocycles. The lowest BCUT2D eigenvalue weighted by Crippen LogP contribution is -2.26. The van der Waals surface area contributed by atoms with Crippen molar-refractivity contribution in [3.63, 3.8) is 0 Å². The second kappa shape index (κ2) is 7.31. The Hall–Kier alpha value is -1.33. The molecule has 0 spiro atoms. The van der Waals surface area contributed by atoms with Gasteiger partial charge in [-0.2, -0.15) is 0 Å². The largest absolute Gasteiger partial charge is 0.493 e. The van der Waals surface area contributed by atoms with Crippen LogP contribution in [0.25, 0.3) is 0 Å². The molecule has 0 saturated carbocycles. The van der Waals surface area contributed by atoms with E-state index >= 15 is 0 Å². The van der Waals surface area contributed by atoms with E-state index in [4.69, 9.17) is 15.2 Å². The lowest BCUT2D eigenvalue weighted by atomic mass is 9.88. The molecule has 0 aliphatic heterocycles. The Morgan fingerprint density at radius 1 is 1.26 bits per heavy atom. The van der Waals surface area contributed by atoms with Crippen LogP contribution in [0, 0.1) is 17.7 Å². The van der Waals surface area contributed by atoms with Crippen molar-refractivity contribution >= 4 is 0 Å². The molecule has 0 heterocycles. The van der Waals surface area contributed by atoms with Crippen LogP contribution in [0.2, 0.25) is 0 Å². The maximum Gasteiger partial charge on any atom is 0.163 e. The smallest absolute Gasteiger partial charge is 0.163 e. The van der Waals surface area contributed by atoms with Gasteiger partial charge in [-0.3, -0.25) is 0 Å². The molecule has 0 amide bonds. The highest BCUT2D eigenvalue weighted by Crippen LogP contribution is 2.31. The maximum atomic E-state index is 14.0. The number of benzene rings is 1. The number of aliphatic hydroxyl groups excluding tert-OH is 1. The average Bonchev–Trinajstić information content (AvgIpc) is 2.41. The number of hydrogen-bond acceptors (Lipinski definition) is 4. The van der Waals surface area contributed by atoms with Gasteiger partial charge in [0.05, 0.1) is 14.2 Å². The van der Waals surface area contributed by atoms with E-state index in [-0.39, 0.29) is 24.3 Å². The molecule has 0 saturated heterocycles. The van der Waals surface area contributed by atoms with Gasteiger partial charge in [-0.25, -0.2) is 4.39 Å². The van der Waals surface area contributed by atoms with E-state index in [2.05, 4.69) is 0 Å². The van der Waals surface area contributed by atoms with Crippen molar-refractivity contribution in [2.24, 2.45) is 17.6 Å². The van der Waals surface area contributed by atoms with Crippen LogP contribution in [0.5, 0.6) is 11.5 Å². The first kappa shape index (κ1) is 15.7. The van der Waals surface area contributed by atoms with Crippen LogP contribution >= 0.6 is 0 Å². The molecule has 0 fully saturated rings. The highest BCUT2D eigenvalue weighted by molar-refractivity contribution is 5.43. The van der Waals surface area contributed by atoms with E-state index in [1.807, 2.05) is 6.92 Å². The third-order valence-electron chi connectivity index (χ3n) is 3.44. The Morgan fingerprint density at radius 2 is 1.84 bits per heavy atom. The van der Waals surface area contributed by atoms with Crippen LogP contribution in [-0.2, 0) is 6.42 Å². The minimum atomic E-state index is -0.335. The summed E-state index contributed by atoms with van der Waals surface area (Å²) in [6.45, 7) is 2.34. The molecular weight excluding hydrogens is 249 g/mol. The van der Waals surface area contributed by atoms with Crippen LogP contribution in [-0.4, -0.2) is 32.5 Å². The van der Waals surface area contributed by atoms with E-state index < -0.39 is 0 Å². The monoisotopic (exact) mass is 271 g/mol. The summed E-state index contributed by atoms with van der Waals surface area (Å²) >= 11 is 0. The number of methoxy groups -OCH3 is 2. The van der Waals surface area contributed by atoms with E-state index in [1.165, 1.54) is 20.3 Å². The van der Waals surface area contributed by atoms with E-state index in [0.717, 1.165) is 0 Å². The summed E-state index contributed by atoms with van der Waals surface area (Å²) in [5, 5.41) is 9.21. The molecule has 1 aromatic rings. The number of rotatable bonds is 7. The molecule has 4 nitrogen and oxygen atoms in total. The van der Waals surface area contributed by atoms with Crippen molar-refractivity contribution < 1.29 is 19.0 Å². The van der Waals surface area contributed by atoms with Gasteiger partial charge in [-0.15, -0.1) is 0 Å². The fourth-order valence-electron chi connectivity index (χ4n) is 2.05. The standard InChI is InChI=1S/C14H22FNO3/c1-9(11(7-16)8-17)4-10-5-13(18-2)14(19-3)6-12(10)15/h5-6,9,11,17H,4,7-8,16H2,1-3H3. The zero-order valence-electron chi connectivity index (χ0n) is 11.6. The molecule has 19 heavy (non-hydrogen) atoms. The van der Waals surface area contributed by atoms with Crippen molar-refractivity contribution in [1.82, 2.24) is 0 Å². The molecule has 2 unspecified atom stereocenters. The molecule has 1 rings (SSSR count). The summed E-state index contributed by atoms with van der Waals surface area (Å²) in [6, 6.07) is 2.95. The van der Waals surface area contributed by atoms with E-state index in [1.54, 1.807) is 6.07 Å². The maximum absolute atomic E-state index is 14.0. The highest BCUT2D eigenvalue weighted by Gasteiger charge is 2.19. The normalized spacial score (nSPS) is 14.0. The van der Waals surface area contributed by atoms with Crippen molar-refractivity contribution in [3.05, 3.63) is 23.5 Å². The molecule has 5 heteroatoms. The Labute approximate surface area is 113 Å². The number of ether oxygens (including phenoxy) is 2. The fourth-order valence-corrected chi connectivity index (χ4v) is 2.05. The lowest BCUT2D eigenvalue weighted by molar-refractivity contribution is 0.186. The van der Waals surface area contributed by atoms with Crippen LogP contribution in [0.3, 0.4) is 0 Å². The second-order valence-electron chi connectivity index (χ2n) is 4.66. The summed E-state index contributed by atoms with van der Waals surface area (Å²) in [5.74, 6) is 0.585. The van der Waals surface area contributed by atoms with E-state index in [0.29, 0.717) is 30.0 Å². The second-order valence-corrected chi connectivity index (χ2v) is 4.66. The van der Waals surface area contributed by atoms with Gasteiger partial charge in [0.1, 0.15) is 5.82 Å². The van der Waals surface area contributed by atoms with Crippen LogP contribution in [0.15, 0.2) is 12.1 Å². The predicted molar refractivity (Wildman–Crippen MR) is 72.0 cm³/mol. The Kier molecular flexibility index (Phi) is 6.05. The van der Waals surface area contributed by atoms with Crippen LogP contribution in [0.4, 0.5) is 4.39 Å². The predicted octanol–water partition coefficient (Wildman–Crippen LogP) is 1.59. The van der Waals surface area contributed by atoms with E-state index in [9.17, 15) is 9.50 Å². The van der Waals surface area contributed by atoms with Gasteiger partial charge in [0.15, 0.2) is 11.5 Å². The van der Waals surface area contributed by atoms with Crippen molar-refractivity contribution in [1.29, 1.82) is 0 Å². The SMILES string of the molecule is COc1cc(F)c(CC(C)C(CN)CO)cc1OC. The van der Waals surface area contributed by atoms with Gasteiger partial charge in [0.25, 0.3) is 0 Å². The molecule has 0 bridgehead atoms. The third kappa shape index (κ3) is 3.81. The molecule has 3 N–H and O–H groups in total. The fraction of sp³-hybridized carbons (Fsp3) is 0.571. The first-order valence-corrected chi connectivity index (χ1v) is 6.28. The van der Waals surface area contributed by atoms with Gasteiger partial charge in [-0.1, -0.05) is 6.92 Å². The van der Waals surface area contributed by atoms with Gasteiger partial charge in [-0.05, 0) is 36.4 Å². The lowest BCUT2D eigenvalue weighted by Gasteiger charge is -2.21. The molecule has 2 atom stereocenters. The minimum absolute atomic E-state index is 0.00652. The summed E-state index contributed by atoms with van der Waals surface area (Å²) in [6.07, 6.45) is 0.495. The quantitative estimate of drug-likeness (QED) is 0.790. The summed E-state index contributed by atoms with van der Waals surface area (Å²) in [5.41, 5.74) is 6.12. The Morgan fingerprint density at radius 3 is 2.32 bits per heavy atom. The van der Waals surface area contributed by atoms with Crippen molar-refractivity contribution in [2.45, 2.75) is 13.3 Å². The molecule has 0 aliphatic rings. The highest BCUT2D eigenvalue weighted by atomic mass is 19.1. The summed E-state index contributed by atoms with van der Waals surface area (Å²) < 4.78 is 24.2. The average molecular weight is 271 g/mol. The van der Waals surface area contributed by atoms with Crippen molar-refractivity contribution in [3.8, 4) is 11.5 Å². The van der Waals surface area contributed by atoms with Gasteiger partial charge < -0.3 is 20.3 Å². The van der Waals surface area contributed by atoms with Gasteiger partial charge in [0, 0.05) is 12.7 Å². The molecule has 0 aliphatic carbocycles. The molecule has 0 radical (unpaired) electrons. The molecule has 0 aromatic heterocycles. The van der Waals surface area contributed by atoms with Gasteiger partial charge in [0.2, 0.25) is 0 Å². The number of halogens is 1. The first-order chi connectivity index (χ1) is 9.07.